The zero-order valence-electron chi connectivity index (χ0n) is 12.0. The van der Waals surface area contributed by atoms with E-state index in [0.717, 1.165) is 0 Å². The van der Waals surface area contributed by atoms with Crippen molar-refractivity contribution in [3.63, 3.8) is 0 Å². The fourth-order valence-electron chi connectivity index (χ4n) is 2.95. The van der Waals surface area contributed by atoms with Crippen molar-refractivity contribution in [3.8, 4) is 0 Å². The summed E-state index contributed by atoms with van der Waals surface area (Å²) in [5, 5.41) is 0. The lowest BCUT2D eigenvalue weighted by atomic mass is 10.1. The van der Waals surface area contributed by atoms with Crippen molar-refractivity contribution in [2.24, 2.45) is 0 Å². The molecule has 110 valence electrons. The minimum Gasteiger partial charge on any atom is -0.376 e. The maximum atomic E-state index is 5.92. The third kappa shape index (κ3) is 2.41. The summed E-state index contributed by atoms with van der Waals surface area (Å²) in [6.45, 7) is 8.01. The van der Waals surface area contributed by atoms with Crippen molar-refractivity contribution >= 4 is 0 Å². The van der Waals surface area contributed by atoms with Gasteiger partial charge in [0.1, 0.15) is 24.4 Å². The van der Waals surface area contributed by atoms with Crippen LogP contribution in [0.25, 0.3) is 0 Å². The van der Waals surface area contributed by atoms with Gasteiger partial charge >= 0.3 is 0 Å². The van der Waals surface area contributed by atoms with Gasteiger partial charge in [0.15, 0.2) is 17.9 Å². The molecule has 0 unspecified atom stereocenters. The third-order valence-electron chi connectivity index (χ3n) is 3.70. The molecule has 0 aliphatic carbocycles. The van der Waals surface area contributed by atoms with E-state index in [1.54, 1.807) is 7.11 Å². The Morgan fingerprint density at radius 1 is 0.947 bits per heavy atom. The van der Waals surface area contributed by atoms with Gasteiger partial charge in [0.05, 0.1) is 6.61 Å². The lowest BCUT2D eigenvalue weighted by molar-refractivity contribution is -0.234. The van der Waals surface area contributed by atoms with Crippen molar-refractivity contribution in [3.05, 3.63) is 0 Å². The van der Waals surface area contributed by atoms with E-state index in [2.05, 4.69) is 0 Å². The Kier molecular flexibility index (Phi) is 3.16. The number of hydrogen-bond acceptors (Lipinski definition) is 6. The van der Waals surface area contributed by atoms with Crippen LogP contribution in [0.2, 0.25) is 0 Å². The lowest BCUT2D eigenvalue weighted by Gasteiger charge is -2.28. The molecule has 6 nitrogen and oxygen atoms in total. The predicted octanol–water partition coefficient (Wildman–Crippen LogP) is 1.03. The third-order valence-corrected chi connectivity index (χ3v) is 3.70. The number of ether oxygens (including phenoxy) is 6. The summed E-state index contributed by atoms with van der Waals surface area (Å²) in [7, 11) is 1.65. The van der Waals surface area contributed by atoms with E-state index in [9.17, 15) is 0 Å². The first-order chi connectivity index (χ1) is 8.81. The van der Waals surface area contributed by atoms with Crippen molar-refractivity contribution in [2.45, 2.75) is 70.0 Å². The Labute approximate surface area is 113 Å². The number of rotatable bonds is 2. The molecule has 3 saturated heterocycles. The van der Waals surface area contributed by atoms with Crippen LogP contribution in [0.3, 0.4) is 0 Å². The summed E-state index contributed by atoms with van der Waals surface area (Å²) in [6.07, 6.45) is -1.25. The summed E-state index contributed by atoms with van der Waals surface area (Å²) in [6, 6.07) is 0. The van der Waals surface area contributed by atoms with Crippen LogP contribution in [-0.2, 0) is 28.4 Å². The van der Waals surface area contributed by atoms with Gasteiger partial charge in [-0.15, -0.1) is 0 Å². The second-order valence-electron chi connectivity index (χ2n) is 6.14. The van der Waals surface area contributed by atoms with E-state index in [4.69, 9.17) is 28.4 Å². The second kappa shape index (κ2) is 4.38. The molecule has 3 rings (SSSR count). The Morgan fingerprint density at radius 3 is 2.26 bits per heavy atom. The van der Waals surface area contributed by atoms with Crippen LogP contribution in [-0.4, -0.2) is 56.0 Å². The first-order valence-electron chi connectivity index (χ1n) is 6.67. The van der Waals surface area contributed by atoms with E-state index >= 15 is 0 Å². The topological polar surface area (TPSA) is 55.4 Å². The molecular weight excluding hydrogens is 252 g/mol. The Morgan fingerprint density at radius 2 is 1.68 bits per heavy atom. The Bertz CT molecular complexity index is 355. The van der Waals surface area contributed by atoms with Gasteiger partial charge in [0, 0.05) is 7.11 Å². The van der Waals surface area contributed by atoms with Gasteiger partial charge in [-0.3, -0.25) is 0 Å². The first-order valence-corrected chi connectivity index (χ1v) is 6.67. The first kappa shape index (κ1) is 13.7. The molecule has 0 amide bonds. The van der Waals surface area contributed by atoms with Crippen molar-refractivity contribution in [1.29, 1.82) is 0 Å². The quantitative estimate of drug-likeness (QED) is 0.749. The maximum Gasteiger partial charge on any atom is 0.190 e. The fourth-order valence-corrected chi connectivity index (χ4v) is 2.95. The van der Waals surface area contributed by atoms with Crippen molar-refractivity contribution in [1.82, 2.24) is 0 Å². The second-order valence-corrected chi connectivity index (χ2v) is 6.14. The molecular formula is C13H22O6. The molecule has 3 aliphatic rings. The van der Waals surface area contributed by atoms with E-state index < -0.39 is 17.9 Å². The highest BCUT2D eigenvalue weighted by Crippen LogP contribution is 2.41. The fraction of sp³-hybridized carbons (Fsp3) is 1.00. The highest BCUT2D eigenvalue weighted by molar-refractivity contribution is 4.98. The van der Waals surface area contributed by atoms with Gasteiger partial charge < -0.3 is 28.4 Å². The zero-order valence-corrected chi connectivity index (χ0v) is 12.0. The average molecular weight is 274 g/mol. The highest BCUT2D eigenvalue weighted by atomic mass is 16.8. The number of fused-ring (bicyclic) bond motifs is 1. The molecule has 3 heterocycles. The molecule has 5 atom stereocenters. The van der Waals surface area contributed by atoms with Crippen LogP contribution in [0.4, 0.5) is 0 Å². The number of hydrogen-bond donors (Lipinski definition) is 0. The summed E-state index contributed by atoms with van der Waals surface area (Å²) < 4.78 is 34.5. The largest absolute Gasteiger partial charge is 0.376 e. The molecule has 0 aromatic heterocycles. The predicted molar refractivity (Wildman–Crippen MR) is 64.4 cm³/mol. The molecule has 6 heteroatoms. The highest BCUT2D eigenvalue weighted by Gasteiger charge is 2.58. The molecule has 0 spiro atoms. The SMILES string of the molecule is CO[C@@H]1[C@H]([C@H]2COC(C)(C)O2)O[C@@H]2OC(C)(C)O[C@@H]21. The standard InChI is InChI=1S/C13H22O6/c1-12(2)15-6-7(17-12)8-9(14-5)10-11(16-8)19-13(3,4)18-10/h7-11H,6H2,1-5H3/t7-,8+,9-,10-,11-/m1/s1. The minimum atomic E-state index is -0.636. The van der Waals surface area contributed by atoms with Gasteiger partial charge in [0.25, 0.3) is 0 Å². The van der Waals surface area contributed by atoms with Crippen LogP contribution in [0, 0.1) is 0 Å². The molecule has 19 heavy (non-hydrogen) atoms. The van der Waals surface area contributed by atoms with Gasteiger partial charge in [-0.1, -0.05) is 0 Å². The van der Waals surface area contributed by atoms with Crippen LogP contribution in [0.15, 0.2) is 0 Å². The van der Waals surface area contributed by atoms with E-state index in [1.807, 2.05) is 27.7 Å². The van der Waals surface area contributed by atoms with Gasteiger partial charge in [-0.25, -0.2) is 0 Å². The van der Waals surface area contributed by atoms with E-state index in [0.29, 0.717) is 6.61 Å². The Hall–Kier alpha value is -0.240. The average Bonchev–Trinajstić information content (AvgIpc) is 2.87. The molecule has 3 aliphatic heterocycles. The van der Waals surface area contributed by atoms with Gasteiger partial charge in [-0.2, -0.15) is 0 Å². The zero-order chi connectivity index (χ0) is 13.8. The van der Waals surface area contributed by atoms with Crippen LogP contribution < -0.4 is 0 Å². The van der Waals surface area contributed by atoms with Crippen molar-refractivity contribution in [2.75, 3.05) is 13.7 Å². The van der Waals surface area contributed by atoms with E-state index in [1.165, 1.54) is 0 Å². The van der Waals surface area contributed by atoms with Crippen LogP contribution in [0.5, 0.6) is 0 Å². The molecule has 3 fully saturated rings. The van der Waals surface area contributed by atoms with Gasteiger partial charge in [0.2, 0.25) is 0 Å². The van der Waals surface area contributed by atoms with Crippen LogP contribution >= 0.6 is 0 Å². The summed E-state index contributed by atoms with van der Waals surface area (Å²) in [4.78, 5) is 0. The van der Waals surface area contributed by atoms with Gasteiger partial charge in [-0.05, 0) is 27.7 Å². The molecule has 0 bridgehead atoms. The van der Waals surface area contributed by atoms with Crippen molar-refractivity contribution < 1.29 is 28.4 Å². The summed E-state index contributed by atoms with van der Waals surface area (Å²) in [5.74, 6) is -1.21. The molecule has 0 aromatic carbocycles. The molecule has 0 radical (unpaired) electrons. The minimum absolute atomic E-state index is 0.166. The lowest BCUT2D eigenvalue weighted by Crippen LogP contribution is -2.43. The number of methoxy groups -OCH3 is 1. The Balaban J connectivity index is 1.72. The maximum absolute atomic E-state index is 5.92. The normalized spacial score (nSPS) is 47.5. The summed E-state index contributed by atoms with van der Waals surface area (Å²) >= 11 is 0. The smallest absolute Gasteiger partial charge is 0.190 e. The van der Waals surface area contributed by atoms with Crippen LogP contribution in [0.1, 0.15) is 27.7 Å². The summed E-state index contributed by atoms with van der Waals surface area (Å²) in [5.41, 5.74) is 0. The molecule has 0 N–H and O–H groups in total. The monoisotopic (exact) mass is 274 g/mol. The molecule has 0 aromatic rings. The molecule has 0 saturated carbocycles. The van der Waals surface area contributed by atoms with E-state index in [-0.39, 0.29) is 24.4 Å².